The quantitative estimate of drug-likeness (QED) is 0.786. The Morgan fingerprint density at radius 2 is 2.00 bits per heavy atom. The second-order valence-corrected chi connectivity index (χ2v) is 3.20. The fourth-order valence-electron chi connectivity index (χ4n) is 0.839. The van der Waals surface area contributed by atoms with Crippen LogP contribution < -0.4 is 9.47 Å². The first-order chi connectivity index (χ1) is 8.52. The van der Waals surface area contributed by atoms with E-state index in [0.717, 1.165) is 0 Å². The topological polar surface area (TPSA) is 18.5 Å². The van der Waals surface area contributed by atoms with Gasteiger partial charge < -0.3 is 9.47 Å². The molecule has 0 aliphatic rings. The maximum Gasteiger partial charge on any atom is 0.162 e. The van der Waals surface area contributed by atoms with E-state index in [1.807, 2.05) is 0 Å². The van der Waals surface area contributed by atoms with Gasteiger partial charge in [0.15, 0.2) is 11.5 Å². The summed E-state index contributed by atoms with van der Waals surface area (Å²) in [6, 6.07) is 2.54. The summed E-state index contributed by atoms with van der Waals surface area (Å²) in [6.45, 7) is 0. The minimum atomic E-state index is -2.73. The van der Waals surface area contributed by atoms with E-state index in [0.29, 0.717) is 10.9 Å². The second kappa shape index (κ2) is 4.72. The SMILES string of the molecule is [2H]C([2H])([2H])Oc1cc(Cl)c(CBr)cc1OC([2H])([2H])[2H]. The molecule has 1 rings (SSSR count). The first kappa shape index (κ1) is 4.89. The van der Waals surface area contributed by atoms with Gasteiger partial charge in [-0.25, -0.2) is 0 Å². The average molecular weight is 272 g/mol. The molecule has 0 bridgehead atoms. The highest BCUT2D eigenvalue weighted by molar-refractivity contribution is 9.08. The van der Waals surface area contributed by atoms with Crippen molar-refractivity contribution in [1.82, 2.24) is 0 Å². The minimum Gasteiger partial charge on any atom is -0.493 e. The van der Waals surface area contributed by atoms with E-state index in [1.165, 1.54) is 12.1 Å². The minimum absolute atomic E-state index is 0.199. The van der Waals surface area contributed by atoms with Gasteiger partial charge in [0, 0.05) is 16.4 Å². The molecular weight excluding hydrogens is 255 g/mol. The Kier molecular flexibility index (Phi) is 1.78. The first-order valence-corrected chi connectivity index (χ1v) is 4.78. The molecule has 0 saturated carbocycles. The molecule has 72 valence electrons. The molecule has 0 atom stereocenters. The number of halogens is 2. The Hall–Kier alpha value is -0.410. The molecule has 0 saturated heterocycles. The highest BCUT2D eigenvalue weighted by atomic mass is 79.9. The van der Waals surface area contributed by atoms with Crippen LogP contribution in [-0.4, -0.2) is 14.1 Å². The molecule has 0 N–H and O–H groups in total. The lowest BCUT2D eigenvalue weighted by atomic mass is 10.2. The summed E-state index contributed by atoms with van der Waals surface area (Å²) in [4.78, 5) is 0. The fourth-order valence-corrected chi connectivity index (χ4v) is 1.68. The van der Waals surface area contributed by atoms with Crippen LogP contribution in [0.15, 0.2) is 12.1 Å². The number of ether oxygens (including phenoxy) is 2. The highest BCUT2D eigenvalue weighted by Gasteiger charge is 2.08. The van der Waals surface area contributed by atoms with E-state index in [-0.39, 0.29) is 16.5 Å². The third-order valence-electron chi connectivity index (χ3n) is 1.48. The van der Waals surface area contributed by atoms with Crippen molar-refractivity contribution in [1.29, 1.82) is 0 Å². The van der Waals surface area contributed by atoms with Crippen LogP contribution in [0.1, 0.15) is 13.8 Å². The summed E-state index contributed by atoms with van der Waals surface area (Å²) in [6.07, 6.45) is 0. The fraction of sp³-hybridized carbons (Fsp3) is 0.333. The molecule has 0 spiro atoms. The van der Waals surface area contributed by atoms with Gasteiger partial charge >= 0.3 is 0 Å². The lowest BCUT2D eigenvalue weighted by molar-refractivity contribution is 0.354. The summed E-state index contributed by atoms with van der Waals surface area (Å²) in [5, 5.41) is 0.603. The molecule has 1 aromatic carbocycles. The van der Waals surface area contributed by atoms with Gasteiger partial charge in [-0.15, -0.1) is 0 Å². The summed E-state index contributed by atoms with van der Waals surface area (Å²) in [5.74, 6) is -0.444. The lowest BCUT2D eigenvalue weighted by Gasteiger charge is -2.09. The first-order valence-electron chi connectivity index (χ1n) is 6.28. The smallest absolute Gasteiger partial charge is 0.162 e. The summed E-state index contributed by atoms with van der Waals surface area (Å²) in [5.41, 5.74) is 0.554. The third kappa shape index (κ3) is 2.29. The number of rotatable bonds is 3. The van der Waals surface area contributed by atoms with Gasteiger partial charge in [0.2, 0.25) is 0 Å². The van der Waals surface area contributed by atoms with Crippen LogP contribution in [0.3, 0.4) is 0 Å². The van der Waals surface area contributed by atoms with Crippen LogP contribution in [-0.2, 0) is 5.33 Å². The van der Waals surface area contributed by atoms with Gasteiger partial charge in [0.25, 0.3) is 0 Å². The van der Waals surface area contributed by atoms with Gasteiger partial charge in [-0.2, -0.15) is 0 Å². The van der Waals surface area contributed by atoms with E-state index < -0.39 is 14.1 Å². The van der Waals surface area contributed by atoms with Crippen molar-refractivity contribution in [3.05, 3.63) is 22.7 Å². The molecule has 0 aliphatic heterocycles. The van der Waals surface area contributed by atoms with Crippen molar-refractivity contribution in [2.75, 3.05) is 14.1 Å². The number of hydrogen-bond donors (Lipinski definition) is 0. The van der Waals surface area contributed by atoms with Crippen LogP contribution in [0.2, 0.25) is 5.02 Å². The molecule has 0 radical (unpaired) electrons. The molecule has 13 heavy (non-hydrogen) atoms. The van der Waals surface area contributed by atoms with E-state index in [2.05, 4.69) is 20.7 Å². The van der Waals surface area contributed by atoms with E-state index in [1.54, 1.807) is 0 Å². The predicted molar refractivity (Wildman–Crippen MR) is 57.2 cm³/mol. The number of hydrogen-bond acceptors (Lipinski definition) is 2. The van der Waals surface area contributed by atoms with E-state index in [4.69, 9.17) is 24.6 Å². The lowest BCUT2D eigenvalue weighted by Crippen LogP contribution is -1.92. The van der Waals surface area contributed by atoms with Crippen LogP contribution in [0.5, 0.6) is 11.5 Å². The molecule has 0 aromatic heterocycles. The Bertz CT molecular complexity index is 459. The van der Waals surface area contributed by atoms with Gasteiger partial charge in [0.1, 0.15) is 0 Å². The molecular formula is C9H10BrClO2. The largest absolute Gasteiger partial charge is 0.493 e. The Balaban J connectivity index is 3.22. The zero-order valence-corrected chi connectivity index (χ0v) is 8.78. The third-order valence-corrected chi connectivity index (χ3v) is 2.43. The maximum atomic E-state index is 7.05. The van der Waals surface area contributed by atoms with Crippen LogP contribution >= 0.6 is 27.5 Å². The molecule has 0 amide bonds. The second-order valence-electron chi connectivity index (χ2n) is 2.23. The monoisotopic (exact) mass is 270 g/mol. The normalized spacial score (nSPS) is 18.6. The average Bonchev–Trinajstić information content (AvgIpc) is 2.17. The molecule has 0 aliphatic carbocycles. The van der Waals surface area contributed by atoms with Crippen molar-refractivity contribution in [3.63, 3.8) is 0 Å². The standard InChI is InChI=1S/C9H10BrClO2/c1-12-8-3-6(5-10)7(11)4-9(8)13-2/h3-4H,5H2,1-2H3/i1D3,2D3. The number of alkyl halides is 1. The van der Waals surface area contributed by atoms with Gasteiger partial charge in [-0.3, -0.25) is 0 Å². The van der Waals surface area contributed by atoms with Crippen LogP contribution in [0.4, 0.5) is 0 Å². The van der Waals surface area contributed by atoms with Crippen molar-refractivity contribution in [2.24, 2.45) is 0 Å². The van der Waals surface area contributed by atoms with Crippen molar-refractivity contribution in [2.45, 2.75) is 5.33 Å². The summed E-state index contributed by atoms with van der Waals surface area (Å²) in [7, 11) is -5.45. The van der Waals surface area contributed by atoms with Crippen LogP contribution in [0.25, 0.3) is 0 Å². The molecule has 4 heteroatoms. The van der Waals surface area contributed by atoms with Gasteiger partial charge in [0.05, 0.1) is 22.3 Å². The predicted octanol–water partition coefficient (Wildman–Crippen LogP) is 3.25. The number of benzene rings is 1. The van der Waals surface area contributed by atoms with Crippen molar-refractivity contribution < 1.29 is 17.7 Å². The van der Waals surface area contributed by atoms with Crippen LogP contribution in [0, 0.1) is 0 Å². The highest BCUT2D eigenvalue weighted by Crippen LogP contribution is 2.33. The Morgan fingerprint density at radius 1 is 1.38 bits per heavy atom. The Labute approximate surface area is 99.4 Å². The summed E-state index contributed by atoms with van der Waals surface area (Å²) >= 11 is 9.09. The van der Waals surface area contributed by atoms with Gasteiger partial charge in [-0.1, -0.05) is 27.5 Å². The Morgan fingerprint density at radius 3 is 2.54 bits per heavy atom. The molecule has 2 nitrogen and oxygen atoms in total. The van der Waals surface area contributed by atoms with E-state index >= 15 is 0 Å². The zero-order chi connectivity index (χ0) is 14.8. The molecule has 1 aromatic rings. The molecule has 0 fully saturated rings. The zero-order valence-electron chi connectivity index (χ0n) is 12.4. The van der Waals surface area contributed by atoms with E-state index in [9.17, 15) is 0 Å². The maximum absolute atomic E-state index is 7.05. The van der Waals surface area contributed by atoms with Crippen molar-refractivity contribution in [3.8, 4) is 11.5 Å². The summed E-state index contributed by atoms with van der Waals surface area (Å²) < 4.78 is 51.6. The van der Waals surface area contributed by atoms with Crippen molar-refractivity contribution >= 4 is 27.5 Å². The molecule has 0 unspecified atom stereocenters. The number of methoxy groups -OCH3 is 2. The molecule has 0 heterocycles. The van der Waals surface area contributed by atoms with Gasteiger partial charge in [-0.05, 0) is 11.6 Å².